The monoisotopic (exact) mass is 1460 g/mol. The second-order valence-corrected chi connectivity index (χ2v) is 34.2. The van der Waals surface area contributed by atoms with Gasteiger partial charge in [-0.25, -0.2) is 4.70 Å². The SMILES string of the molecule is CCCCCC1=C(c2cc(CCCCC)c(CCCCC)c(CCCCC)c2)[N+](=[N-])C(c2cc(CCCCC)c(CCCCC)c(CCCCC)c2)=C1CCCC.CCCCCCCCCCCCCCCCCCCCC[CH2][Ni][CH2]CCCCCCCCCCCCCCCCCCCCC. The summed E-state index contributed by atoms with van der Waals surface area (Å²) in [5, 5.41) is 2.87. The fraction of sp³-hybridized carbons (Fsp3) is 0.838. The molecule has 0 N–H and O–H groups in total. The summed E-state index contributed by atoms with van der Waals surface area (Å²) < 4.78 is 1.74. The normalized spacial score (nSPS) is 12.5. The van der Waals surface area contributed by atoms with E-state index in [4.69, 9.17) is 0 Å². The van der Waals surface area contributed by atoms with E-state index in [1.807, 2.05) is 14.4 Å². The second kappa shape index (κ2) is 71.9. The van der Waals surface area contributed by atoms with Crippen molar-refractivity contribution in [2.45, 2.75) is 536 Å². The van der Waals surface area contributed by atoms with E-state index in [9.17, 15) is 5.53 Å². The minimum absolute atomic E-state index is 1.03. The Morgan fingerprint density at radius 2 is 0.382 bits per heavy atom. The molecule has 0 aromatic heterocycles. The average Bonchev–Trinajstić information content (AvgIpc) is 1.59. The molecule has 1 heterocycles. The van der Waals surface area contributed by atoms with Gasteiger partial charge in [0.1, 0.15) is 0 Å². The fourth-order valence-corrected chi connectivity index (χ4v) is 17.6. The van der Waals surface area contributed by atoms with E-state index in [1.54, 1.807) is 38.1 Å². The molecule has 1 aliphatic heterocycles. The summed E-state index contributed by atoms with van der Waals surface area (Å²) in [4.78, 5) is 0. The molecule has 102 heavy (non-hydrogen) atoms. The van der Waals surface area contributed by atoms with E-state index in [2.05, 4.69) is 93.5 Å². The van der Waals surface area contributed by atoms with Gasteiger partial charge in [0.15, 0.2) is 0 Å². The van der Waals surface area contributed by atoms with Crippen molar-refractivity contribution in [1.82, 2.24) is 0 Å². The first-order valence-electron chi connectivity index (χ1n) is 47.1. The number of unbranched alkanes of at least 4 members (excludes halogenated alkanes) is 53. The Morgan fingerprint density at radius 3 is 0.608 bits per heavy atom. The zero-order chi connectivity index (χ0) is 73.7. The van der Waals surface area contributed by atoms with Gasteiger partial charge in [0.05, 0.1) is 0 Å². The number of aryl methyl sites for hydroxylation is 4. The third-order valence-corrected chi connectivity index (χ3v) is 24.4. The molecule has 0 amide bonds. The van der Waals surface area contributed by atoms with E-state index in [-0.39, 0.29) is 0 Å². The van der Waals surface area contributed by atoms with Crippen LogP contribution in [0.3, 0.4) is 0 Å². The molecule has 0 fully saturated rings. The Balaban J connectivity index is 0.000000715. The Bertz CT molecular complexity index is 2160. The van der Waals surface area contributed by atoms with Gasteiger partial charge in [-0.15, -0.1) is 0 Å². The molecule has 0 unspecified atom stereocenters. The van der Waals surface area contributed by atoms with Gasteiger partial charge in [0, 0.05) is 22.3 Å². The molecule has 596 valence electrons. The summed E-state index contributed by atoms with van der Waals surface area (Å²) in [6.07, 6.45) is 97.0. The van der Waals surface area contributed by atoms with Crippen LogP contribution < -0.4 is 0 Å². The van der Waals surface area contributed by atoms with E-state index >= 15 is 0 Å². The third-order valence-electron chi connectivity index (χ3n) is 23.0. The third kappa shape index (κ3) is 47.7. The molecule has 0 bridgehead atoms. The second-order valence-electron chi connectivity index (χ2n) is 32.7. The Labute approximate surface area is 647 Å². The molecule has 2 aromatic rings. The number of nitrogens with zero attached hydrogens (tertiary/aromatic N) is 2. The van der Waals surface area contributed by atoms with Crippen LogP contribution in [-0.2, 0) is 53.0 Å². The molecule has 3 rings (SSSR count). The maximum atomic E-state index is 13.0. The van der Waals surface area contributed by atoms with Crippen molar-refractivity contribution in [2.75, 3.05) is 0 Å². The van der Waals surface area contributed by atoms with Crippen molar-refractivity contribution in [3.8, 4) is 0 Å². The summed E-state index contributed by atoms with van der Waals surface area (Å²) in [5.41, 5.74) is 30.1. The Morgan fingerprint density at radius 1 is 0.206 bits per heavy atom. The molecular weight excluding hydrogens is 1280 g/mol. The van der Waals surface area contributed by atoms with Crippen LogP contribution in [0.2, 0.25) is 10.8 Å². The summed E-state index contributed by atoms with van der Waals surface area (Å²) in [5.74, 6) is 0. The Hall–Kier alpha value is -1.99. The van der Waals surface area contributed by atoms with Crippen molar-refractivity contribution in [2.24, 2.45) is 0 Å². The first-order chi connectivity index (χ1) is 50.3. The van der Waals surface area contributed by atoms with Crippen LogP contribution in [0, 0.1) is 0 Å². The summed E-state index contributed by atoms with van der Waals surface area (Å²) in [7, 11) is 0. The van der Waals surface area contributed by atoms with E-state index in [0.717, 1.165) is 62.8 Å². The molecule has 0 aliphatic carbocycles. The average molecular weight is 1460 g/mol. The number of rotatable bonds is 75. The van der Waals surface area contributed by atoms with Crippen molar-refractivity contribution in [1.29, 1.82) is 0 Å². The minimum Gasteiger partial charge on any atom is -0.0654 e. The first-order valence-corrected chi connectivity index (χ1v) is 48.5. The molecular formula is C99H180N2Ni. The number of hydrogen-bond donors (Lipinski definition) is 0. The molecule has 0 radical (unpaired) electrons. The molecule has 3 heteroatoms. The summed E-state index contributed by atoms with van der Waals surface area (Å²) in [6.45, 7) is 23.3. The van der Waals surface area contributed by atoms with Crippen LogP contribution in [0.1, 0.15) is 531 Å². The number of allylic oxidation sites excluding steroid dienone is 2. The van der Waals surface area contributed by atoms with Gasteiger partial charge in [-0.05, 0) is 160 Å². The van der Waals surface area contributed by atoms with Crippen LogP contribution in [0.4, 0.5) is 0 Å². The van der Waals surface area contributed by atoms with Crippen LogP contribution in [-0.4, -0.2) is 4.70 Å². The van der Waals surface area contributed by atoms with Crippen molar-refractivity contribution >= 4 is 11.4 Å². The maximum absolute atomic E-state index is 13.0. The fourth-order valence-electron chi connectivity index (χ4n) is 16.4. The van der Waals surface area contributed by atoms with Gasteiger partial charge in [0.2, 0.25) is 11.4 Å². The van der Waals surface area contributed by atoms with Gasteiger partial charge in [0.25, 0.3) is 0 Å². The zero-order valence-electron chi connectivity index (χ0n) is 71.1. The van der Waals surface area contributed by atoms with Crippen LogP contribution in [0.25, 0.3) is 16.9 Å². The topological polar surface area (TPSA) is 25.3 Å². The molecule has 0 saturated heterocycles. The molecule has 0 atom stereocenters. The summed E-state index contributed by atoms with van der Waals surface area (Å²) in [6, 6.07) is 10.2. The molecule has 2 nitrogen and oxygen atoms in total. The van der Waals surface area contributed by atoms with Gasteiger partial charge >= 0.3 is 166 Å². The van der Waals surface area contributed by atoms with Gasteiger partial charge in [-0.3, -0.25) is 0 Å². The van der Waals surface area contributed by atoms with Gasteiger partial charge in [-0.1, -0.05) is 281 Å². The summed E-state index contributed by atoms with van der Waals surface area (Å²) >= 11 is 2.05. The smallest absolute Gasteiger partial charge is 0.0654 e. The van der Waals surface area contributed by atoms with Gasteiger partial charge in [-0.2, -0.15) is 0 Å². The zero-order valence-corrected chi connectivity index (χ0v) is 72.1. The molecule has 1 aliphatic rings. The molecule has 2 aromatic carbocycles. The molecule has 0 saturated carbocycles. The minimum atomic E-state index is 1.03. The van der Waals surface area contributed by atoms with Crippen molar-refractivity contribution in [3.05, 3.63) is 85.5 Å². The van der Waals surface area contributed by atoms with Crippen LogP contribution >= 0.6 is 0 Å². The predicted octanol–water partition coefficient (Wildman–Crippen LogP) is 35.6. The number of benzene rings is 2. The standard InChI is InChI=1S/C55H90N2.2C22H45.Ni/c1-9-17-25-32-44-40-48(41-45(33-26-18-10-2)50(44)37-29-21-13-5)54-52(36-24-16-8)53(39-31-23-15-7)55(57(54)56)49-42-46(34-27-19-11-3)51(38-30-22-14-6)47(43-49)35-28-20-12-4;2*1-3-5-7-9-11-13-15-17-19-21-22-20-18-16-14-12-10-8-6-4-2;/h40-43H,9-39H2,1-8H3;2*1,3-22H2,2H3;. The number of hydrogen-bond acceptors (Lipinski definition) is 0. The molecule has 0 spiro atoms. The van der Waals surface area contributed by atoms with Crippen molar-refractivity contribution < 1.29 is 19.1 Å². The van der Waals surface area contributed by atoms with E-state index in [1.165, 1.54) is 438 Å². The Kier molecular flexibility index (Phi) is 67.7. The van der Waals surface area contributed by atoms with E-state index in [0.29, 0.717) is 0 Å². The quantitative estimate of drug-likeness (QED) is 0.0358. The predicted molar refractivity (Wildman–Crippen MR) is 459 cm³/mol. The first kappa shape index (κ1) is 96.1. The van der Waals surface area contributed by atoms with Gasteiger partial charge < -0.3 is 5.53 Å². The van der Waals surface area contributed by atoms with E-state index < -0.39 is 0 Å². The van der Waals surface area contributed by atoms with Crippen LogP contribution in [0.5, 0.6) is 0 Å². The van der Waals surface area contributed by atoms with Crippen LogP contribution in [0.15, 0.2) is 35.4 Å². The van der Waals surface area contributed by atoms with Crippen molar-refractivity contribution in [3.63, 3.8) is 0 Å².